The second kappa shape index (κ2) is 5.08. The Morgan fingerprint density at radius 3 is 2.42 bits per heavy atom. The molecule has 0 aromatic carbocycles. The molecule has 0 radical (unpaired) electrons. The van der Waals surface area contributed by atoms with Crippen LogP contribution in [0.5, 0.6) is 0 Å². The van der Waals surface area contributed by atoms with Crippen LogP contribution in [0.3, 0.4) is 0 Å². The van der Waals surface area contributed by atoms with Crippen molar-refractivity contribution in [3.05, 3.63) is 10.4 Å². The molecule has 1 fully saturated rings. The minimum Gasteiger partial charge on any atom is -0.397 e. The smallest absolute Gasteiger partial charge is 0.265 e. The first-order chi connectivity index (χ1) is 8.91. The lowest BCUT2D eigenvalue weighted by Crippen LogP contribution is -2.27. The minimum absolute atomic E-state index is 0.179. The van der Waals surface area contributed by atoms with Crippen molar-refractivity contribution in [2.24, 2.45) is 5.73 Å². The molecule has 0 aliphatic heterocycles. The lowest BCUT2D eigenvalue weighted by Gasteiger charge is -2.27. The summed E-state index contributed by atoms with van der Waals surface area (Å²) in [7, 11) is 3.29. The Morgan fingerprint density at radius 1 is 1.37 bits per heavy atom. The second-order valence-corrected chi connectivity index (χ2v) is 5.91. The fourth-order valence-electron chi connectivity index (χ4n) is 1.89. The van der Waals surface area contributed by atoms with Gasteiger partial charge in [-0.1, -0.05) is 0 Å². The van der Waals surface area contributed by atoms with E-state index in [-0.39, 0.29) is 17.2 Å². The van der Waals surface area contributed by atoms with Crippen molar-refractivity contribution < 1.29 is 9.59 Å². The summed E-state index contributed by atoms with van der Waals surface area (Å²) >= 11 is 1.20. The number of rotatable bonds is 4. The van der Waals surface area contributed by atoms with Gasteiger partial charge in [-0.3, -0.25) is 9.59 Å². The van der Waals surface area contributed by atoms with E-state index in [2.05, 4.69) is 5.32 Å². The van der Waals surface area contributed by atoms with Gasteiger partial charge in [-0.05, 0) is 19.3 Å². The third kappa shape index (κ3) is 2.51. The lowest BCUT2D eigenvalue weighted by atomic mass is 9.93. The largest absolute Gasteiger partial charge is 0.397 e. The summed E-state index contributed by atoms with van der Waals surface area (Å²) in [5.74, 6) is -0.819. The molecule has 1 heterocycles. The number of primary amides is 1. The van der Waals surface area contributed by atoms with Crippen molar-refractivity contribution in [3.8, 4) is 0 Å². The van der Waals surface area contributed by atoms with Crippen LogP contribution in [0, 0.1) is 0 Å². The highest BCUT2D eigenvalue weighted by atomic mass is 32.1. The van der Waals surface area contributed by atoms with E-state index in [0.717, 1.165) is 12.8 Å². The quantitative estimate of drug-likeness (QED) is 0.769. The Kier molecular flexibility index (Phi) is 3.66. The van der Waals surface area contributed by atoms with Crippen LogP contribution in [0.15, 0.2) is 0 Å². The van der Waals surface area contributed by atoms with Crippen molar-refractivity contribution in [3.63, 3.8) is 0 Å². The Hall–Kier alpha value is -1.76. The number of carbonyl (C=O) groups is 2. The summed E-state index contributed by atoms with van der Waals surface area (Å²) < 4.78 is 0. The van der Waals surface area contributed by atoms with Gasteiger partial charge in [-0.25, -0.2) is 0 Å². The highest BCUT2D eigenvalue weighted by Crippen LogP contribution is 2.38. The average Bonchev–Trinajstić information content (AvgIpc) is 2.59. The highest BCUT2D eigenvalue weighted by Gasteiger charge is 2.27. The van der Waals surface area contributed by atoms with Crippen LogP contribution in [0.25, 0.3) is 0 Å². The number of nitrogens with two attached hydrogens (primary N) is 2. The van der Waals surface area contributed by atoms with Gasteiger partial charge >= 0.3 is 0 Å². The number of hydrogen-bond donors (Lipinski definition) is 3. The van der Waals surface area contributed by atoms with Crippen molar-refractivity contribution >= 4 is 33.8 Å². The first kappa shape index (κ1) is 13.7. The average molecular weight is 282 g/mol. The van der Waals surface area contributed by atoms with Gasteiger partial charge in [0.25, 0.3) is 11.8 Å². The maximum atomic E-state index is 12.0. The van der Waals surface area contributed by atoms with Crippen molar-refractivity contribution in [2.75, 3.05) is 25.1 Å². The molecule has 1 aromatic rings. The number of carbonyl (C=O) groups excluding carboxylic acids is 2. The maximum absolute atomic E-state index is 12.0. The normalized spacial score (nSPS) is 14.8. The summed E-state index contributed by atoms with van der Waals surface area (Å²) in [6.07, 6.45) is 3.30. The van der Waals surface area contributed by atoms with Crippen molar-refractivity contribution in [1.29, 1.82) is 0 Å². The van der Waals surface area contributed by atoms with E-state index >= 15 is 0 Å². The van der Waals surface area contributed by atoms with Crippen molar-refractivity contribution in [2.45, 2.75) is 25.3 Å². The molecule has 0 spiro atoms. The Balaban J connectivity index is 2.38. The molecule has 104 valence electrons. The van der Waals surface area contributed by atoms with Gasteiger partial charge < -0.3 is 21.7 Å². The summed E-state index contributed by atoms with van der Waals surface area (Å²) in [6.45, 7) is 0. The zero-order chi connectivity index (χ0) is 14.2. The molecule has 0 bridgehead atoms. The topological polar surface area (TPSA) is 101 Å². The predicted molar refractivity (Wildman–Crippen MR) is 76.5 cm³/mol. The van der Waals surface area contributed by atoms with Gasteiger partial charge in [-0.2, -0.15) is 0 Å². The molecule has 1 aliphatic carbocycles. The first-order valence-electron chi connectivity index (χ1n) is 6.12. The van der Waals surface area contributed by atoms with E-state index < -0.39 is 5.91 Å². The third-order valence-corrected chi connectivity index (χ3v) is 4.36. The molecule has 5 N–H and O–H groups in total. The SMILES string of the molecule is CN(C)C(=O)c1sc(NC2CCC2)c(C(N)=O)c1N. The summed E-state index contributed by atoms with van der Waals surface area (Å²) in [4.78, 5) is 25.3. The molecule has 0 atom stereocenters. The van der Waals surface area contributed by atoms with Crippen LogP contribution in [-0.2, 0) is 0 Å². The predicted octanol–water partition coefficient (Wildman–Crippen LogP) is 1.10. The zero-order valence-electron chi connectivity index (χ0n) is 11.0. The van der Waals surface area contributed by atoms with Crippen LogP contribution >= 0.6 is 11.3 Å². The van der Waals surface area contributed by atoms with E-state index in [1.54, 1.807) is 14.1 Å². The lowest BCUT2D eigenvalue weighted by molar-refractivity contribution is 0.0833. The summed E-state index contributed by atoms with van der Waals surface area (Å²) in [6, 6.07) is 0.346. The second-order valence-electron chi connectivity index (χ2n) is 4.88. The molecule has 0 saturated heterocycles. The van der Waals surface area contributed by atoms with Gasteiger partial charge in [0.2, 0.25) is 0 Å². The molecular weight excluding hydrogens is 264 g/mol. The number of amides is 2. The molecule has 6 nitrogen and oxygen atoms in total. The van der Waals surface area contributed by atoms with Crippen LogP contribution in [0.2, 0.25) is 0 Å². The first-order valence-corrected chi connectivity index (χ1v) is 6.93. The zero-order valence-corrected chi connectivity index (χ0v) is 11.8. The number of nitrogens with zero attached hydrogens (tertiary/aromatic N) is 1. The number of nitrogen functional groups attached to an aromatic ring is 1. The van der Waals surface area contributed by atoms with E-state index in [9.17, 15) is 9.59 Å². The van der Waals surface area contributed by atoms with E-state index in [0.29, 0.717) is 15.9 Å². The summed E-state index contributed by atoms with van der Waals surface area (Å²) in [5.41, 5.74) is 11.7. The molecule has 19 heavy (non-hydrogen) atoms. The Morgan fingerprint density at radius 2 is 2.00 bits per heavy atom. The van der Waals surface area contributed by atoms with Gasteiger partial charge in [-0.15, -0.1) is 11.3 Å². The molecule has 0 unspecified atom stereocenters. The molecule has 1 aliphatic rings. The molecule has 2 rings (SSSR count). The maximum Gasteiger partial charge on any atom is 0.265 e. The monoisotopic (exact) mass is 282 g/mol. The standard InChI is InChI=1S/C12H18N4O2S/c1-16(2)12(18)9-8(13)7(10(14)17)11(19-9)15-6-4-3-5-6/h6,15H,3-5,13H2,1-2H3,(H2,14,17). The van der Waals surface area contributed by atoms with Crippen molar-refractivity contribution in [1.82, 2.24) is 4.90 Å². The van der Waals surface area contributed by atoms with E-state index in [1.165, 1.54) is 22.7 Å². The summed E-state index contributed by atoms with van der Waals surface area (Å²) in [5, 5.41) is 3.86. The van der Waals surface area contributed by atoms with E-state index in [1.807, 2.05) is 0 Å². The van der Waals surface area contributed by atoms with Gasteiger partial charge in [0.05, 0.1) is 11.3 Å². The van der Waals surface area contributed by atoms with Crippen LogP contribution in [0.4, 0.5) is 10.7 Å². The van der Waals surface area contributed by atoms with Crippen LogP contribution in [-0.4, -0.2) is 36.9 Å². The number of thiophene rings is 1. The highest BCUT2D eigenvalue weighted by molar-refractivity contribution is 7.19. The molecule has 7 heteroatoms. The molecule has 1 aromatic heterocycles. The minimum atomic E-state index is -0.603. The fourth-order valence-corrected chi connectivity index (χ4v) is 3.11. The molecular formula is C12H18N4O2S. The molecule has 2 amide bonds. The van der Waals surface area contributed by atoms with Gasteiger partial charge in [0.15, 0.2) is 0 Å². The number of anilines is 2. The van der Waals surface area contributed by atoms with E-state index in [4.69, 9.17) is 11.5 Å². The fraction of sp³-hybridized carbons (Fsp3) is 0.500. The Labute approximate surface area is 115 Å². The number of hydrogen-bond acceptors (Lipinski definition) is 5. The number of nitrogens with one attached hydrogen (secondary N) is 1. The van der Waals surface area contributed by atoms with Gasteiger partial charge in [0, 0.05) is 20.1 Å². The van der Waals surface area contributed by atoms with Crippen LogP contribution in [0.1, 0.15) is 39.3 Å². The Bertz CT molecular complexity index is 520. The van der Waals surface area contributed by atoms with Crippen LogP contribution < -0.4 is 16.8 Å². The van der Waals surface area contributed by atoms with Gasteiger partial charge in [0.1, 0.15) is 9.88 Å². The third-order valence-electron chi connectivity index (χ3n) is 3.23. The molecule has 1 saturated carbocycles.